The van der Waals surface area contributed by atoms with Gasteiger partial charge >= 0.3 is 114 Å². The number of phenols is 3. The van der Waals surface area contributed by atoms with Crippen molar-refractivity contribution in [3.63, 3.8) is 0 Å². The van der Waals surface area contributed by atoms with Crippen LogP contribution in [0.15, 0.2) is 264 Å². The number of phenolic OH excluding ortho intramolecular Hbond substituents is 3. The first kappa shape index (κ1) is 93.4. The molecule has 8 aromatic carbocycles. The van der Waals surface area contributed by atoms with Crippen LogP contribution in [0.1, 0.15) is 50.5 Å². The Labute approximate surface area is 676 Å². The van der Waals surface area contributed by atoms with Crippen LogP contribution in [0.5, 0.6) is 28.7 Å². The number of hydrogen-bond donors (Lipinski definition) is 7. The Bertz CT molecular complexity index is 5250. The summed E-state index contributed by atoms with van der Waals surface area (Å²) in [6.07, 6.45) is -0.218. The van der Waals surface area contributed by atoms with Gasteiger partial charge in [0.2, 0.25) is 0 Å². The van der Waals surface area contributed by atoms with Gasteiger partial charge in [0.25, 0.3) is 0 Å². The van der Waals surface area contributed by atoms with Crippen molar-refractivity contribution in [2.45, 2.75) is 53.2 Å². The van der Waals surface area contributed by atoms with Gasteiger partial charge in [0, 0.05) is 72.3 Å². The Morgan fingerprint density at radius 3 is 1.28 bits per heavy atom. The van der Waals surface area contributed by atoms with E-state index in [1.54, 1.807) is 79.7 Å². The number of aromatic hydroxyl groups is 3. The van der Waals surface area contributed by atoms with Crippen LogP contribution in [-0.4, -0.2) is 129 Å². The molecule has 1 aliphatic heterocycles. The van der Waals surface area contributed by atoms with E-state index < -0.39 is 63.2 Å². The summed E-state index contributed by atoms with van der Waals surface area (Å²) in [4.78, 5) is 109. The van der Waals surface area contributed by atoms with Gasteiger partial charge in [-0.05, 0) is 103 Å². The van der Waals surface area contributed by atoms with Gasteiger partial charge in [-0.2, -0.15) is 8.42 Å². The number of carbonyl (C=O) groups excluding carboxylic acids is 6. The maximum atomic E-state index is 12.3. The van der Waals surface area contributed by atoms with Crippen molar-refractivity contribution in [3.8, 4) is 62.1 Å². The molecule has 29 nitrogen and oxygen atoms in total. The van der Waals surface area contributed by atoms with E-state index in [1.807, 2.05) is 109 Å². The molecule has 1 aliphatic rings. The van der Waals surface area contributed by atoms with Gasteiger partial charge in [-0.25, -0.2) is 24.0 Å². The van der Waals surface area contributed by atoms with E-state index in [2.05, 4.69) is 17.9 Å². The molecule has 1 fully saturated rings. The van der Waals surface area contributed by atoms with E-state index >= 15 is 0 Å². The van der Waals surface area contributed by atoms with Crippen molar-refractivity contribution in [2.24, 2.45) is 0 Å². The van der Waals surface area contributed by atoms with Crippen LogP contribution in [0, 0.1) is 0 Å². The Morgan fingerprint density at radius 1 is 0.523 bits per heavy atom. The van der Waals surface area contributed by atoms with Crippen LogP contribution in [-0.2, 0) is 64.5 Å². The summed E-state index contributed by atoms with van der Waals surface area (Å²) in [5.74, 6) is -2.63. The molecule has 2 unspecified atom stereocenters. The Balaban J connectivity index is 0.000000346. The van der Waals surface area contributed by atoms with Crippen molar-refractivity contribution >= 4 is 85.4 Å². The zero-order chi connectivity index (χ0) is 80.3. The summed E-state index contributed by atoms with van der Waals surface area (Å²) in [6.45, 7) is 14.5. The Morgan fingerprint density at radius 2 is 0.901 bits per heavy atom. The molecule has 0 saturated carbocycles. The van der Waals surface area contributed by atoms with E-state index in [0.717, 1.165) is 44.5 Å². The number of rotatable bonds is 16. The smallest absolute Gasteiger partial charge is 0.870 e. The molecule has 111 heavy (non-hydrogen) atoms. The van der Waals surface area contributed by atoms with Crippen molar-refractivity contribution < 1.29 is 175 Å². The Hall–Kier alpha value is -11.9. The first-order valence-corrected chi connectivity index (χ1v) is 33.5. The summed E-state index contributed by atoms with van der Waals surface area (Å²) in [5.41, 5.74) is 5.51. The predicted octanol–water partition coefficient (Wildman–Crippen LogP) is 8.87. The molecular formula is C80H75KO29S. The fourth-order valence-electron chi connectivity index (χ4n) is 8.66. The number of aliphatic hydroxyl groups excluding tert-OH is 1. The second kappa shape index (κ2) is 47.2. The Kier molecular flexibility index (Phi) is 39.7. The average molecular weight is 1570 g/mol. The zero-order valence-electron chi connectivity index (χ0n) is 60.4. The van der Waals surface area contributed by atoms with Gasteiger partial charge in [-0.15, -0.1) is 0 Å². The molecule has 0 amide bonds. The molecular weight excluding hydrogens is 1500 g/mol. The number of fused-ring (bicyclic) bond motifs is 3. The normalized spacial score (nSPS) is 11.3. The number of carboxylic acid groups (broad SMARTS) is 1. The quantitative estimate of drug-likeness (QED) is 0.00453. The molecule has 4 heterocycles. The summed E-state index contributed by atoms with van der Waals surface area (Å²) in [6, 6.07) is 60.9. The van der Waals surface area contributed by atoms with Crippen molar-refractivity contribution in [1.29, 1.82) is 0 Å². The van der Waals surface area contributed by atoms with Crippen LogP contribution >= 0.6 is 0 Å². The number of carbonyl (C=O) groups is 7. The van der Waals surface area contributed by atoms with Gasteiger partial charge in [-0.3, -0.25) is 33.1 Å². The van der Waals surface area contributed by atoms with Gasteiger partial charge in [0.05, 0.1) is 35.3 Å². The molecule has 0 radical (unpaired) electrons. The number of aldehydes is 1. The third-order valence-corrected chi connectivity index (χ3v) is 13.6. The van der Waals surface area contributed by atoms with Crippen LogP contribution in [0.3, 0.4) is 0 Å². The third-order valence-electron chi connectivity index (χ3n) is 13.6. The minimum atomic E-state index is -4.67. The van der Waals surface area contributed by atoms with Gasteiger partial charge < -0.3 is 72.7 Å². The van der Waals surface area contributed by atoms with Gasteiger partial charge in [0.1, 0.15) is 77.5 Å². The minimum Gasteiger partial charge on any atom is -0.870 e. The summed E-state index contributed by atoms with van der Waals surface area (Å²) in [7, 11) is -4.67. The van der Waals surface area contributed by atoms with E-state index in [9.17, 15) is 58.2 Å². The van der Waals surface area contributed by atoms with Crippen molar-refractivity contribution in [3.05, 3.63) is 279 Å². The molecule has 2 atom stereocenters. The second-order valence-corrected chi connectivity index (χ2v) is 23.7. The van der Waals surface area contributed by atoms with Gasteiger partial charge in [-0.1, -0.05) is 134 Å². The number of aliphatic carboxylic acids is 1. The monoisotopic (exact) mass is 1570 g/mol. The predicted molar refractivity (Wildman–Crippen MR) is 401 cm³/mol. The molecule has 0 aliphatic carbocycles. The largest absolute Gasteiger partial charge is 1.00 e. The minimum absolute atomic E-state index is 0. The molecule has 0 spiro atoms. The SMILES string of the molecule is C=C(C)C(=O)OCC(O)COc1ccc2cc(-c3ccccc3)c(=O)oc2c1.C=C(C)C(=O)OCC1CO1.CC(=O)OC(C)=O.CC(=O)Oc1ccc2cc(-c3ccccc3)c(=O)oc2c1.O=C(O)Cc1ccccc1.O=Cc1ccc(O)cc1O.O=S(=O)(O)O.O=c1oc2cc(O)ccc2cc1-c1ccccc1.[K+].[OH-]. The van der Waals surface area contributed by atoms with E-state index in [4.69, 9.17) is 69.8 Å². The second-order valence-electron chi connectivity index (χ2n) is 22.8. The van der Waals surface area contributed by atoms with E-state index in [0.29, 0.717) is 70.0 Å². The molecule has 12 rings (SSSR count). The number of aliphatic hydroxyl groups is 1. The van der Waals surface area contributed by atoms with Crippen molar-refractivity contribution in [1.82, 2.24) is 0 Å². The van der Waals surface area contributed by atoms with Crippen LogP contribution in [0.25, 0.3) is 66.3 Å². The van der Waals surface area contributed by atoms with E-state index in [-0.39, 0.29) is 117 Å². The molecule has 1 saturated heterocycles. The first-order chi connectivity index (χ1) is 51.7. The number of epoxide rings is 1. The van der Waals surface area contributed by atoms with E-state index in [1.165, 1.54) is 52.0 Å². The third kappa shape index (κ3) is 35.4. The number of benzene rings is 8. The maximum Gasteiger partial charge on any atom is 1.00 e. The summed E-state index contributed by atoms with van der Waals surface area (Å²) in [5, 5.41) is 47.5. The first-order valence-electron chi connectivity index (χ1n) is 32.1. The molecule has 3 aromatic heterocycles. The maximum absolute atomic E-state index is 12.3. The fraction of sp³-hybridized carbons (Fsp3) is 0.150. The molecule has 576 valence electrons. The zero-order valence-corrected chi connectivity index (χ0v) is 64.4. The van der Waals surface area contributed by atoms with Gasteiger partial charge in [0.15, 0.2) is 6.29 Å². The van der Waals surface area contributed by atoms with Crippen LogP contribution < -0.4 is 77.7 Å². The van der Waals surface area contributed by atoms with Crippen molar-refractivity contribution in [2.75, 3.05) is 26.4 Å². The molecule has 0 bridgehead atoms. The van der Waals surface area contributed by atoms with Crippen LogP contribution in [0.2, 0.25) is 0 Å². The molecule has 8 N–H and O–H groups in total. The molecule has 31 heteroatoms. The summed E-state index contributed by atoms with van der Waals surface area (Å²) >= 11 is 0. The summed E-state index contributed by atoms with van der Waals surface area (Å²) < 4.78 is 76.4. The number of esters is 5. The van der Waals surface area contributed by atoms with Crippen LogP contribution in [0.4, 0.5) is 0 Å². The topological polar surface area (TPSA) is 475 Å². The molecule has 11 aromatic rings. The number of carboxylic acids is 1. The number of ether oxygens (including phenoxy) is 6. The fourth-order valence-corrected chi connectivity index (χ4v) is 8.66. The average Bonchev–Trinajstić information content (AvgIpc) is 1.81. The standard InChI is InChI=1S/C22H20O6.C17H12O4.C15H10O3.C8H8O2.C7H10O3.C7H6O3.C4H6O3.K.H2O4S.H2O/c1-14(2)21(24)27-13-17(23)12-26-18-9-8-16-10-19(15-6-4-3-5-7-15)22(25)28-20(16)11-18;1-11(18)20-14-8-7-13-9-15(12-5-3-2-4-6-12)17(19)21-16(13)10-14;16-12-7-6-11-8-13(10-4-2-1-3-5-10)15(17)18-14(11)9-12;9-8(10)6-7-4-2-1-3-5-7;1-5(2)7(8)10-4-6-3-9-6;8-4-5-1-2-6(9)3-7(5)10;1-3(5)7-4(2)6;;1-5(2,3)4;/h3-11,17,23H,1,12-13H2,2H3;2-10H,1H3;1-9,16H;1-5H,6H2,(H,9,10);6H,1,3-4H2,2H3;1-4,9-10H;1-2H3;;(H2,1,2,3,4);1H2/q;;;;;;;+1;;/p-1. The number of hydrogen-bond acceptors (Lipinski definition) is 26.